The van der Waals surface area contributed by atoms with Crippen molar-refractivity contribution in [3.05, 3.63) is 23.8 Å². The fraction of sp³-hybridized carbons (Fsp3) is 0.417. The number of aromatic hydroxyl groups is 2. The molecule has 1 fully saturated rings. The van der Waals surface area contributed by atoms with E-state index in [9.17, 15) is 15.0 Å². The second-order valence-corrected chi connectivity index (χ2v) is 4.10. The van der Waals surface area contributed by atoms with Crippen molar-refractivity contribution in [1.29, 1.82) is 0 Å². The number of morpholine rings is 1. The van der Waals surface area contributed by atoms with Gasteiger partial charge in [-0.15, -0.1) is 0 Å². The molecule has 0 aliphatic carbocycles. The average molecular weight is 253 g/mol. The summed E-state index contributed by atoms with van der Waals surface area (Å²) < 4.78 is 5.23. The van der Waals surface area contributed by atoms with Crippen LogP contribution in [0.15, 0.2) is 18.2 Å². The summed E-state index contributed by atoms with van der Waals surface area (Å²) in [4.78, 5) is 13.6. The highest BCUT2D eigenvalue weighted by molar-refractivity contribution is 5.99. The molecule has 1 aliphatic rings. The summed E-state index contributed by atoms with van der Waals surface area (Å²) >= 11 is 0. The van der Waals surface area contributed by atoms with Crippen LogP contribution in [0, 0.1) is 0 Å². The van der Waals surface area contributed by atoms with Crippen LogP contribution in [0.5, 0.6) is 11.5 Å². The van der Waals surface area contributed by atoms with Crippen LogP contribution in [0.3, 0.4) is 0 Å². The number of nitrogens with zero attached hydrogens (tertiary/aromatic N) is 1. The van der Waals surface area contributed by atoms with Gasteiger partial charge in [-0.1, -0.05) is 6.07 Å². The van der Waals surface area contributed by atoms with Gasteiger partial charge >= 0.3 is 0 Å². The van der Waals surface area contributed by atoms with Crippen LogP contribution in [0.2, 0.25) is 0 Å². The Morgan fingerprint density at radius 3 is 2.67 bits per heavy atom. The number of aliphatic hydroxyl groups excluding tert-OH is 1. The van der Waals surface area contributed by atoms with Gasteiger partial charge in [0.05, 0.1) is 19.3 Å². The third-order valence-electron chi connectivity index (χ3n) is 2.86. The zero-order chi connectivity index (χ0) is 13.1. The zero-order valence-corrected chi connectivity index (χ0v) is 9.74. The number of ether oxygens (including phenoxy) is 1. The van der Waals surface area contributed by atoms with Crippen molar-refractivity contribution in [2.45, 2.75) is 6.10 Å². The molecule has 1 heterocycles. The molecule has 1 saturated heterocycles. The van der Waals surface area contributed by atoms with Crippen molar-refractivity contribution in [2.75, 3.05) is 26.3 Å². The maximum Gasteiger partial charge on any atom is 0.261 e. The third-order valence-corrected chi connectivity index (χ3v) is 2.86. The second-order valence-electron chi connectivity index (χ2n) is 4.10. The average Bonchev–Trinajstić information content (AvgIpc) is 2.38. The Bertz CT molecular complexity index is 428. The zero-order valence-electron chi connectivity index (χ0n) is 9.74. The summed E-state index contributed by atoms with van der Waals surface area (Å²) in [6, 6.07) is 4.14. The maximum atomic E-state index is 12.2. The van der Waals surface area contributed by atoms with Gasteiger partial charge in [0.1, 0.15) is 17.1 Å². The molecule has 0 spiro atoms. The highest BCUT2D eigenvalue weighted by Gasteiger charge is 2.27. The van der Waals surface area contributed by atoms with E-state index in [1.54, 1.807) is 0 Å². The van der Waals surface area contributed by atoms with E-state index < -0.39 is 12.0 Å². The quantitative estimate of drug-likeness (QED) is 0.686. The summed E-state index contributed by atoms with van der Waals surface area (Å²) in [5.74, 6) is -0.980. The molecule has 3 N–H and O–H groups in total. The van der Waals surface area contributed by atoms with Crippen molar-refractivity contribution in [2.24, 2.45) is 0 Å². The van der Waals surface area contributed by atoms with E-state index in [1.807, 2.05) is 0 Å². The van der Waals surface area contributed by atoms with Gasteiger partial charge in [-0.2, -0.15) is 0 Å². The molecule has 6 heteroatoms. The number of phenols is 2. The predicted octanol–water partition coefficient (Wildman–Crippen LogP) is -0.0689. The van der Waals surface area contributed by atoms with Gasteiger partial charge in [0.2, 0.25) is 0 Å². The number of rotatable bonds is 2. The third kappa shape index (κ3) is 2.39. The Balaban J connectivity index is 2.20. The van der Waals surface area contributed by atoms with E-state index in [4.69, 9.17) is 9.84 Å². The number of hydrogen-bond donors (Lipinski definition) is 3. The Labute approximate surface area is 104 Å². The first kappa shape index (κ1) is 12.7. The molecule has 0 aromatic heterocycles. The van der Waals surface area contributed by atoms with E-state index in [1.165, 1.54) is 23.1 Å². The van der Waals surface area contributed by atoms with Crippen molar-refractivity contribution >= 4 is 5.91 Å². The second kappa shape index (κ2) is 5.24. The molecule has 0 saturated carbocycles. The molecule has 1 aromatic carbocycles. The highest BCUT2D eigenvalue weighted by Crippen LogP contribution is 2.28. The van der Waals surface area contributed by atoms with E-state index in [0.29, 0.717) is 13.2 Å². The molecule has 98 valence electrons. The molecule has 0 radical (unpaired) electrons. The van der Waals surface area contributed by atoms with E-state index in [2.05, 4.69) is 0 Å². The molecule has 18 heavy (non-hydrogen) atoms. The van der Waals surface area contributed by atoms with Crippen molar-refractivity contribution in [3.63, 3.8) is 0 Å². The summed E-state index contributed by atoms with van der Waals surface area (Å²) in [5.41, 5.74) is -0.115. The predicted molar refractivity (Wildman–Crippen MR) is 62.5 cm³/mol. The number of benzene rings is 1. The number of hydrogen-bond acceptors (Lipinski definition) is 5. The molecule has 1 aliphatic heterocycles. The van der Waals surface area contributed by atoms with Crippen LogP contribution in [0.1, 0.15) is 10.4 Å². The van der Waals surface area contributed by atoms with Gasteiger partial charge in [0.25, 0.3) is 5.91 Å². The first-order chi connectivity index (χ1) is 8.63. The molecule has 1 aromatic rings. The largest absolute Gasteiger partial charge is 0.507 e. The molecular formula is C12H15NO5. The Morgan fingerprint density at radius 2 is 2.06 bits per heavy atom. The molecule has 6 nitrogen and oxygen atoms in total. The van der Waals surface area contributed by atoms with E-state index in [0.717, 1.165) is 0 Å². The molecule has 1 amide bonds. The molecule has 1 unspecified atom stereocenters. The lowest BCUT2D eigenvalue weighted by Gasteiger charge is -2.32. The molecular weight excluding hydrogens is 238 g/mol. The molecule has 2 rings (SSSR count). The highest BCUT2D eigenvalue weighted by atomic mass is 16.5. The Morgan fingerprint density at radius 1 is 1.39 bits per heavy atom. The number of aliphatic hydroxyl groups is 1. The number of phenolic OH excluding ortho intramolecular Hbond substituents is 2. The summed E-state index contributed by atoms with van der Waals surface area (Å²) in [6.45, 7) is 0.758. The SMILES string of the molecule is O=C(c1c(O)cccc1O)N1CCOC(CO)C1. The normalized spacial score (nSPS) is 19.8. The van der Waals surface area contributed by atoms with Crippen molar-refractivity contribution in [1.82, 2.24) is 4.90 Å². The van der Waals surface area contributed by atoms with Crippen LogP contribution in [0.25, 0.3) is 0 Å². The number of carbonyl (C=O) groups is 1. The van der Waals surface area contributed by atoms with Gasteiger partial charge in [0, 0.05) is 13.1 Å². The van der Waals surface area contributed by atoms with Crippen LogP contribution < -0.4 is 0 Å². The monoisotopic (exact) mass is 253 g/mol. The molecule has 0 bridgehead atoms. The smallest absolute Gasteiger partial charge is 0.261 e. The Hall–Kier alpha value is -1.79. The minimum Gasteiger partial charge on any atom is -0.507 e. The van der Waals surface area contributed by atoms with Gasteiger partial charge in [-0.25, -0.2) is 0 Å². The number of amides is 1. The Kier molecular flexibility index (Phi) is 3.69. The summed E-state index contributed by atoms with van der Waals surface area (Å²) in [5, 5.41) is 28.3. The van der Waals surface area contributed by atoms with E-state index in [-0.39, 0.29) is 30.2 Å². The van der Waals surface area contributed by atoms with Gasteiger partial charge in [-0.3, -0.25) is 4.79 Å². The minimum atomic E-state index is -0.465. The first-order valence-electron chi connectivity index (χ1n) is 5.66. The minimum absolute atomic E-state index is 0.115. The fourth-order valence-corrected chi connectivity index (χ4v) is 1.92. The lowest BCUT2D eigenvalue weighted by Crippen LogP contribution is -2.46. The summed E-state index contributed by atoms with van der Waals surface area (Å²) in [7, 11) is 0. The van der Waals surface area contributed by atoms with Gasteiger partial charge < -0.3 is 25.0 Å². The van der Waals surface area contributed by atoms with Crippen LogP contribution in [0.4, 0.5) is 0 Å². The van der Waals surface area contributed by atoms with Crippen LogP contribution >= 0.6 is 0 Å². The standard InChI is InChI=1S/C12H15NO5/c14-7-8-6-13(4-5-18-8)12(17)11-9(15)2-1-3-10(11)16/h1-3,8,14-16H,4-7H2. The van der Waals surface area contributed by atoms with Crippen LogP contribution in [-0.2, 0) is 4.74 Å². The van der Waals surface area contributed by atoms with Gasteiger partial charge in [-0.05, 0) is 12.1 Å². The lowest BCUT2D eigenvalue weighted by atomic mass is 10.1. The van der Waals surface area contributed by atoms with E-state index >= 15 is 0 Å². The maximum absolute atomic E-state index is 12.2. The lowest BCUT2D eigenvalue weighted by molar-refractivity contribution is -0.0448. The van der Waals surface area contributed by atoms with Gasteiger partial charge in [0.15, 0.2) is 0 Å². The fourth-order valence-electron chi connectivity index (χ4n) is 1.92. The molecule has 1 atom stereocenters. The van der Waals surface area contributed by atoms with Crippen LogP contribution in [-0.4, -0.2) is 58.5 Å². The topological polar surface area (TPSA) is 90.2 Å². The number of carbonyl (C=O) groups excluding carboxylic acids is 1. The summed E-state index contributed by atoms with van der Waals surface area (Å²) in [6.07, 6.45) is -0.421. The van der Waals surface area contributed by atoms with Crippen molar-refractivity contribution in [3.8, 4) is 11.5 Å². The first-order valence-corrected chi connectivity index (χ1v) is 5.66. The van der Waals surface area contributed by atoms with Crippen molar-refractivity contribution < 1.29 is 24.9 Å².